The van der Waals surface area contributed by atoms with Gasteiger partial charge in [-0.2, -0.15) is 0 Å². The summed E-state index contributed by atoms with van der Waals surface area (Å²) in [6.07, 6.45) is 3.33. The van der Waals surface area contributed by atoms with Crippen LogP contribution in [0, 0.1) is 5.82 Å². The SMILES string of the molecule is NCCCOc1ccncc1F. The first-order valence-corrected chi connectivity index (χ1v) is 3.77. The lowest BCUT2D eigenvalue weighted by Gasteiger charge is -2.04. The minimum Gasteiger partial charge on any atom is -0.490 e. The van der Waals surface area contributed by atoms with Gasteiger partial charge in [0.15, 0.2) is 11.6 Å². The van der Waals surface area contributed by atoms with Crippen molar-refractivity contribution in [1.29, 1.82) is 0 Å². The fourth-order valence-corrected chi connectivity index (χ4v) is 0.745. The highest BCUT2D eigenvalue weighted by Crippen LogP contribution is 2.13. The number of hydrogen-bond donors (Lipinski definition) is 1. The predicted octanol–water partition coefficient (Wildman–Crippen LogP) is 0.948. The Kier molecular flexibility index (Phi) is 3.47. The first kappa shape index (κ1) is 8.93. The summed E-state index contributed by atoms with van der Waals surface area (Å²) >= 11 is 0. The molecule has 0 aliphatic carbocycles. The molecule has 0 radical (unpaired) electrons. The van der Waals surface area contributed by atoms with E-state index in [1.54, 1.807) is 0 Å². The Labute approximate surface area is 70.4 Å². The predicted molar refractivity (Wildman–Crippen MR) is 43.4 cm³/mol. The van der Waals surface area contributed by atoms with Crippen molar-refractivity contribution in [2.75, 3.05) is 13.2 Å². The normalized spacial score (nSPS) is 9.83. The summed E-state index contributed by atoms with van der Waals surface area (Å²) in [6.45, 7) is 0.990. The zero-order chi connectivity index (χ0) is 8.81. The maximum atomic E-state index is 12.8. The van der Waals surface area contributed by atoms with Gasteiger partial charge in [0, 0.05) is 12.3 Å². The maximum absolute atomic E-state index is 12.8. The average molecular weight is 170 g/mol. The third-order valence-corrected chi connectivity index (χ3v) is 1.34. The summed E-state index contributed by atoms with van der Waals surface area (Å²) in [5, 5.41) is 0. The maximum Gasteiger partial charge on any atom is 0.183 e. The summed E-state index contributed by atoms with van der Waals surface area (Å²) in [6, 6.07) is 1.49. The van der Waals surface area contributed by atoms with E-state index in [2.05, 4.69) is 4.98 Å². The molecule has 4 heteroatoms. The molecule has 0 atom stereocenters. The van der Waals surface area contributed by atoms with Crippen LogP contribution in [0.4, 0.5) is 4.39 Å². The zero-order valence-corrected chi connectivity index (χ0v) is 6.66. The van der Waals surface area contributed by atoms with Crippen LogP contribution < -0.4 is 10.5 Å². The van der Waals surface area contributed by atoms with Crippen molar-refractivity contribution in [1.82, 2.24) is 4.98 Å². The monoisotopic (exact) mass is 170 g/mol. The van der Waals surface area contributed by atoms with Gasteiger partial charge in [-0.25, -0.2) is 4.39 Å². The number of hydrogen-bond acceptors (Lipinski definition) is 3. The smallest absolute Gasteiger partial charge is 0.183 e. The summed E-state index contributed by atoms with van der Waals surface area (Å²) in [5.41, 5.74) is 5.24. The van der Waals surface area contributed by atoms with E-state index in [1.165, 1.54) is 12.3 Å². The molecule has 1 rings (SSSR count). The molecule has 2 N–H and O–H groups in total. The van der Waals surface area contributed by atoms with Crippen LogP contribution in [0.3, 0.4) is 0 Å². The van der Waals surface area contributed by atoms with Gasteiger partial charge in [-0.05, 0) is 13.0 Å². The molecule has 1 heterocycles. The molecule has 66 valence electrons. The molecular formula is C8H11FN2O. The van der Waals surface area contributed by atoms with Crippen LogP contribution in [0.15, 0.2) is 18.5 Å². The topological polar surface area (TPSA) is 48.1 Å². The van der Waals surface area contributed by atoms with Gasteiger partial charge < -0.3 is 10.5 Å². The lowest BCUT2D eigenvalue weighted by molar-refractivity contribution is 0.297. The van der Waals surface area contributed by atoms with Gasteiger partial charge in [0.2, 0.25) is 0 Å². The highest BCUT2D eigenvalue weighted by molar-refractivity contribution is 5.19. The van der Waals surface area contributed by atoms with Crippen molar-refractivity contribution >= 4 is 0 Å². The van der Waals surface area contributed by atoms with Crippen molar-refractivity contribution in [2.45, 2.75) is 6.42 Å². The highest BCUT2D eigenvalue weighted by atomic mass is 19.1. The third-order valence-electron chi connectivity index (χ3n) is 1.34. The first-order chi connectivity index (χ1) is 5.84. The van der Waals surface area contributed by atoms with Crippen LogP contribution >= 0.6 is 0 Å². The van der Waals surface area contributed by atoms with E-state index < -0.39 is 5.82 Å². The number of aromatic nitrogens is 1. The molecule has 0 saturated heterocycles. The van der Waals surface area contributed by atoms with Gasteiger partial charge in [0.1, 0.15) is 0 Å². The molecule has 0 bridgehead atoms. The molecule has 1 aromatic rings. The Bertz CT molecular complexity index is 242. The zero-order valence-electron chi connectivity index (χ0n) is 6.66. The van der Waals surface area contributed by atoms with E-state index in [0.29, 0.717) is 13.2 Å². The third kappa shape index (κ3) is 2.47. The van der Waals surface area contributed by atoms with Gasteiger partial charge in [-0.3, -0.25) is 4.98 Å². The van der Waals surface area contributed by atoms with Crippen LogP contribution in [-0.2, 0) is 0 Å². The Hall–Kier alpha value is -1.16. The Morgan fingerprint density at radius 2 is 2.42 bits per heavy atom. The summed E-state index contributed by atoms with van der Waals surface area (Å²) in [4.78, 5) is 3.59. The standard InChI is InChI=1S/C8H11FN2O/c9-7-6-11-4-2-8(7)12-5-1-3-10/h2,4,6H,1,3,5,10H2. The molecule has 0 aliphatic heterocycles. The van der Waals surface area contributed by atoms with Crippen LogP contribution in [0.1, 0.15) is 6.42 Å². The fourth-order valence-electron chi connectivity index (χ4n) is 0.745. The van der Waals surface area contributed by atoms with Crippen LogP contribution in [0.5, 0.6) is 5.75 Å². The largest absolute Gasteiger partial charge is 0.490 e. The van der Waals surface area contributed by atoms with E-state index in [9.17, 15) is 4.39 Å². The van der Waals surface area contributed by atoms with Crippen LogP contribution in [0.25, 0.3) is 0 Å². The van der Waals surface area contributed by atoms with Crippen molar-refractivity contribution in [3.05, 3.63) is 24.3 Å². The number of halogens is 1. The van der Waals surface area contributed by atoms with Gasteiger partial charge in [0.25, 0.3) is 0 Å². The number of nitrogens with zero attached hydrogens (tertiary/aromatic N) is 1. The summed E-state index contributed by atoms with van der Waals surface area (Å²) in [7, 11) is 0. The van der Waals surface area contributed by atoms with Crippen molar-refractivity contribution < 1.29 is 9.13 Å². The van der Waals surface area contributed by atoms with E-state index in [1.807, 2.05) is 0 Å². The molecule has 0 saturated carbocycles. The highest BCUT2D eigenvalue weighted by Gasteiger charge is 2.00. The van der Waals surface area contributed by atoms with E-state index in [-0.39, 0.29) is 5.75 Å². The van der Waals surface area contributed by atoms with Crippen molar-refractivity contribution in [2.24, 2.45) is 5.73 Å². The van der Waals surface area contributed by atoms with E-state index in [4.69, 9.17) is 10.5 Å². The summed E-state index contributed by atoms with van der Waals surface area (Å²) < 4.78 is 17.9. The first-order valence-electron chi connectivity index (χ1n) is 3.77. The van der Waals surface area contributed by atoms with Crippen LogP contribution in [0.2, 0.25) is 0 Å². The Balaban J connectivity index is 2.46. The second kappa shape index (κ2) is 4.66. The lowest BCUT2D eigenvalue weighted by atomic mass is 10.4. The minimum absolute atomic E-state index is 0.235. The van der Waals surface area contributed by atoms with Gasteiger partial charge in [-0.15, -0.1) is 0 Å². The van der Waals surface area contributed by atoms with E-state index >= 15 is 0 Å². The van der Waals surface area contributed by atoms with Gasteiger partial charge >= 0.3 is 0 Å². The molecule has 0 spiro atoms. The number of ether oxygens (including phenoxy) is 1. The molecule has 0 aliphatic rings. The molecular weight excluding hydrogens is 159 g/mol. The number of rotatable bonds is 4. The van der Waals surface area contributed by atoms with Gasteiger partial charge in [-0.1, -0.05) is 0 Å². The number of pyridine rings is 1. The van der Waals surface area contributed by atoms with Crippen LogP contribution in [-0.4, -0.2) is 18.1 Å². The fraction of sp³-hybridized carbons (Fsp3) is 0.375. The molecule has 0 unspecified atom stereocenters. The average Bonchev–Trinajstić information content (AvgIpc) is 2.09. The Morgan fingerprint density at radius 1 is 1.58 bits per heavy atom. The van der Waals surface area contributed by atoms with E-state index in [0.717, 1.165) is 12.6 Å². The van der Waals surface area contributed by atoms with Crippen molar-refractivity contribution in [3.63, 3.8) is 0 Å². The second-order valence-corrected chi connectivity index (χ2v) is 2.30. The van der Waals surface area contributed by atoms with Gasteiger partial charge in [0.05, 0.1) is 12.8 Å². The molecule has 3 nitrogen and oxygen atoms in total. The molecule has 12 heavy (non-hydrogen) atoms. The second-order valence-electron chi connectivity index (χ2n) is 2.30. The quantitative estimate of drug-likeness (QED) is 0.684. The molecule has 1 aromatic heterocycles. The molecule has 0 amide bonds. The summed E-state index contributed by atoms with van der Waals surface area (Å²) in [5.74, 6) is -0.201. The Morgan fingerprint density at radius 3 is 3.08 bits per heavy atom. The lowest BCUT2D eigenvalue weighted by Crippen LogP contribution is -2.06. The molecule has 0 aromatic carbocycles. The minimum atomic E-state index is -0.436. The number of nitrogens with two attached hydrogens (primary N) is 1. The molecule has 0 fully saturated rings. The van der Waals surface area contributed by atoms with Crippen molar-refractivity contribution in [3.8, 4) is 5.75 Å².